The van der Waals surface area contributed by atoms with Crippen LogP contribution in [0.5, 0.6) is 0 Å². The molecule has 134 valence electrons. The van der Waals surface area contributed by atoms with Crippen LogP contribution in [-0.2, 0) is 9.53 Å². The van der Waals surface area contributed by atoms with Gasteiger partial charge < -0.3 is 9.64 Å². The lowest BCUT2D eigenvalue weighted by atomic mass is 10.0. The van der Waals surface area contributed by atoms with Gasteiger partial charge in [-0.1, -0.05) is 23.7 Å². The summed E-state index contributed by atoms with van der Waals surface area (Å²) in [5.41, 5.74) is 1.99. The molecule has 0 bridgehead atoms. The minimum absolute atomic E-state index is 0.0117. The van der Waals surface area contributed by atoms with Crippen LogP contribution in [0.15, 0.2) is 29.4 Å². The molecule has 6 nitrogen and oxygen atoms in total. The van der Waals surface area contributed by atoms with Crippen LogP contribution in [0, 0.1) is 5.92 Å². The van der Waals surface area contributed by atoms with Gasteiger partial charge in [0, 0.05) is 49.7 Å². The van der Waals surface area contributed by atoms with E-state index >= 15 is 0 Å². The molecule has 0 saturated carbocycles. The van der Waals surface area contributed by atoms with E-state index in [4.69, 9.17) is 21.4 Å². The van der Waals surface area contributed by atoms with Gasteiger partial charge in [-0.05, 0) is 18.6 Å². The first kappa shape index (κ1) is 16.8. The smallest absolute Gasteiger partial charge is 0.223 e. The maximum absolute atomic E-state index is 12.3. The summed E-state index contributed by atoms with van der Waals surface area (Å²) in [6.07, 6.45) is 1.58. The molecule has 4 rings (SSSR count). The summed E-state index contributed by atoms with van der Waals surface area (Å²) >= 11 is 6.03. The number of methoxy groups -OCH3 is 1. The molecule has 0 aromatic heterocycles. The Labute approximate surface area is 152 Å². The van der Waals surface area contributed by atoms with Gasteiger partial charge in [0.2, 0.25) is 5.91 Å². The molecule has 1 aromatic carbocycles. The summed E-state index contributed by atoms with van der Waals surface area (Å²) < 4.78 is 5.23. The van der Waals surface area contributed by atoms with E-state index in [1.807, 2.05) is 34.3 Å². The second-order valence-corrected chi connectivity index (χ2v) is 7.38. The molecule has 0 spiro atoms. The van der Waals surface area contributed by atoms with Crippen molar-refractivity contribution in [3.63, 3.8) is 0 Å². The Morgan fingerprint density at radius 1 is 1.24 bits per heavy atom. The van der Waals surface area contributed by atoms with Gasteiger partial charge in [0.25, 0.3) is 0 Å². The van der Waals surface area contributed by atoms with Crippen LogP contribution in [0.4, 0.5) is 0 Å². The monoisotopic (exact) mass is 362 g/mol. The first-order valence-corrected chi connectivity index (χ1v) is 9.18. The van der Waals surface area contributed by atoms with Gasteiger partial charge in [-0.3, -0.25) is 4.79 Å². The lowest BCUT2D eigenvalue weighted by Gasteiger charge is -2.43. The number of hydrogen-bond donors (Lipinski definition) is 0. The lowest BCUT2D eigenvalue weighted by molar-refractivity contribution is -0.132. The Morgan fingerprint density at radius 2 is 2.00 bits per heavy atom. The van der Waals surface area contributed by atoms with Gasteiger partial charge in [0.05, 0.1) is 24.9 Å². The van der Waals surface area contributed by atoms with Gasteiger partial charge in [-0.25, -0.2) is 10.1 Å². The molecule has 7 heteroatoms. The van der Waals surface area contributed by atoms with Crippen molar-refractivity contribution in [2.24, 2.45) is 11.0 Å². The highest BCUT2D eigenvalue weighted by Crippen LogP contribution is 2.28. The number of nitrogens with zero attached hydrogens (tertiary/aromatic N) is 4. The standard InChI is InChI=1S/C18H23ClN4O2/c1-25-12-13-9-21(10-13)23-11-16(22-8-2-3-17(22)24)18(20-23)14-4-6-15(19)7-5-14/h4-7,13,16H,2-3,8-12H2,1H3. The lowest BCUT2D eigenvalue weighted by Crippen LogP contribution is -2.56. The Balaban J connectivity index is 1.55. The summed E-state index contributed by atoms with van der Waals surface area (Å²) in [7, 11) is 1.74. The average molecular weight is 363 g/mol. The van der Waals surface area contributed by atoms with Gasteiger partial charge in [0.1, 0.15) is 0 Å². The molecule has 1 atom stereocenters. The molecule has 3 heterocycles. The zero-order valence-corrected chi connectivity index (χ0v) is 15.2. The second-order valence-electron chi connectivity index (χ2n) is 6.95. The number of carbonyl (C=O) groups excluding carboxylic acids is 1. The molecule has 1 aromatic rings. The first-order chi connectivity index (χ1) is 12.2. The van der Waals surface area contributed by atoms with Crippen molar-refractivity contribution in [3.05, 3.63) is 34.9 Å². The van der Waals surface area contributed by atoms with Crippen molar-refractivity contribution in [1.29, 1.82) is 0 Å². The highest BCUT2D eigenvalue weighted by molar-refractivity contribution is 6.30. The fraction of sp³-hybridized carbons (Fsp3) is 0.556. The van der Waals surface area contributed by atoms with Crippen molar-refractivity contribution in [2.45, 2.75) is 18.9 Å². The van der Waals surface area contributed by atoms with Crippen LogP contribution in [0.2, 0.25) is 5.02 Å². The number of ether oxygens (including phenoxy) is 1. The topological polar surface area (TPSA) is 48.4 Å². The summed E-state index contributed by atoms with van der Waals surface area (Å²) in [5.74, 6) is 0.793. The third kappa shape index (κ3) is 3.26. The van der Waals surface area contributed by atoms with Gasteiger partial charge in [-0.15, -0.1) is 0 Å². The van der Waals surface area contributed by atoms with Crippen LogP contribution in [0.1, 0.15) is 18.4 Å². The van der Waals surface area contributed by atoms with E-state index in [0.29, 0.717) is 17.4 Å². The Hall–Kier alpha value is -1.63. The van der Waals surface area contributed by atoms with E-state index in [0.717, 1.165) is 50.5 Å². The number of hydrazone groups is 1. The van der Waals surface area contributed by atoms with E-state index in [2.05, 4.69) is 5.01 Å². The summed E-state index contributed by atoms with van der Waals surface area (Å²) in [6.45, 7) is 4.23. The second kappa shape index (κ2) is 6.94. The quantitative estimate of drug-likeness (QED) is 0.802. The zero-order valence-electron chi connectivity index (χ0n) is 14.4. The average Bonchev–Trinajstić information content (AvgIpc) is 3.17. The van der Waals surface area contributed by atoms with Crippen LogP contribution in [0.25, 0.3) is 0 Å². The van der Waals surface area contributed by atoms with E-state index in [1.54, 1.807) is 7.11 Å². The van der Waals surface area contributed by atoms with E-state index < -0.39 is 0 Å². The number of benzene rings is 1. The molecule has 25 heavy (non-hydrogen) atoms. The molecule has 1 amide bonds. The maximum Gasteiger partial charge on any atom is 0.223 e. The SMILES string of the molecule is COCC1CN(N2CC(N3CCCC3=O)C(c3ccc(Cl)cc3)=N2)C1. The minimum atomic E-state index is 0.0117. The molecule has 0 radical (unpaired) electrons. The summed E-state index contributed by atoms with van der Waals surface area (Å²) in [5, 5.41) is 9.84. The van der Waals surface area contributed by atoms with Crippen molar-refractivity contribution in [1.82, 2.24) is 15.0 Å². The number of hydrazine groups is 1. The number of halogens is 1. The molecule has 0 aliphatic carbocycles. The van der Waals surface area contributed by atoms with Crippen molar-refractivity contribution >= 4 is 23.2 Å². The number of rotatable bonds is 5. The number of carbonyl (C=O) groups is 1. The maximum atomic E-state index is 12.3. The van der Waals surface area contributed by atoms with Crippen molar-refractivity contribution in [3.8, 4) is 0 Å². The Bertz CT molecular complexity index is 672. The molecular weight excluding hydrogens is 340 g/mol. The fourth-order valence-corrected chi connectivity index (χ4v) is 3.97. The molecule has 3 aliphatic rings. The summed E-state index contributed by atoms with van der Waals surface area (Å²) in [6, 6.07) is 7.74. The number of amides is 1. The summed E-state index contributed by atoms with van der Waals surface area (Å²) in [4.78, 5) is 14.3. The van der Waals surface area contributed by atoms with Crippen molar-refractivity contribution < 1.29 is 9.53 Å². The first-order valence-electron chi connectivity index (χ1n) is 8.81. The van der Waals surface area contributed by atoms with E-state index in [9.17, 15) is 4.79 Å². The third-order valence-corrected chi connectivity index (χ3v) is 5.42. The van der Waals surface area contributed by atoms with Crippen LogP contribution < -0.4 is 0 Å². The van der Waals surface area contributed by atoms with E-state index in [-0.39, 0.29) is 11.9 Å². The predicted octanol–water partition coefficient (Wildman–Crippen LogP) is 1.84. The minimum Gasteiger partial charge on any atom is -0.384 e. The number of hydrogen-bond acceptors (Lipinski definition) is 5. The Kier molecular flexibility index (Phi) is 4.67. The molecule has 3 aliphatic heterocycles. The number of likely N-dealkylation sites (tertiary alicyclic amines) is 1. The van der Waals surface area contributed by atoms with E-state index in [1.165, 1.54) is 0 Å². The van der Waals surface area contributed by atoms with Gasteiger partial charge in [-0.2, -0.15) is 5.10 Å². The zero-order chi connectivity index (χ0) is 17.4. The largest absolute Gasteiger partial charge is 0.384 e. The fourth-order valence-electron chi connectivity index (χ4n) is 3.84. The molecule has 2 saturated heterocycles. The Morgan fingerprint density at radius 3 is 2.64 bits per heavy atom. The normalized spacial score (nSPS) is 24.8. The van der Waals surface area contributed by atoms with Gasteiger partial charge in [0.15, 0.2) is 0 Å². The molecular formula is C18H23ClN4O2. The third-order valence-electron chi connectivity index (χ3n) is 5.17. The molecule has 0 N–H and O–H groups in total. The van der Waals surface area contributed by atoms with Crippen LogP contribution in [-0.4, -0.2) is 72.6 Å². The van der Waals surface area contributed by atoms with Crippen molar-refractivity contribution in [2.75, 3.05) is 39.9 Å². The molecule has 2 fully saturated rings. The van der Waals surface area contributed by atoms with Gasteiger partial charge >= 0.3 is 0 Å². The molecule has 1 unspecified atom stereocenters. The highest BCUT2D eigenvalue weighted by Gasteiger charge is 2.41. The van der Waals surface area contributed by atoms with Crippen LogP contribution in [0.3, 0.4) is 0 Å². The predicted molar refractivity (Wildman–Crippen MR) is 96.4 cm³/mol. The van der Waals surface area contributed by atoms with Crippen LogP contribution >= 0.6 is 11.6 Å². The highest BCUT2D eigenvalue weighted by atomic mass is 35.5.